The van der Waals surface area contributed by atoms with Gasteiger partial charge in [-0.2, -0.15) is 6.67 Å². The Morgan fingerprint density at radius 2 is 1.19 bits per heavy atom. The average molecular weight is 822 g/mol. The summed E-state index contributed by atoms with van der Waals surface area (Å²) in [5.74, 6) is 1.97. The van der Waals surface area contributed by atoms with E-state index in [0.717, 1.165) is 18.7 Å². The fraction of sp³-hybridized carbons (Fsp3) is 0.378. The number of hydrogen-bond donors (Lipinski definition) is 0. The second kappa shape index (κ2) is 18.5. The number of carbonyl (C=O) groups is 2. The van der Waals surface area contributed by atoms with Crippen molar-refractivity contribution in [2.24, 2.45) is 0 Å². The number of para-hydroxylation sites is 3. The zero-order valence-electron chi connectivity index (χ0n) is 32.6. The molecule has 0 spiro atoms. The Morgan fingerprint density at radius 1 is 0.736 bits per heavy atom. The fourth-order valence-corrected chi connectivity index (χ4v) is 7.48. The first kappa shape index (κ1) is 42.0. The number of hydrogen-bond acceptors (Lipinski definition) is 5. The summed E-state index contributed by atoms with van der Waals surface area (Å²) in [6, 6.07) is 27.9. The predicted molar refractivity (Wildman–Crippen MR) is 220 cm³/mol. The minimum atomic E-state index is -0.650. The molecule has 2 aliphatic heterocycles. The van der Waals surface area contributed by atoms with E-state index in [9.17, 15) is 9.59 Å². The van der Waals surface area contributed by atoms with Crippen LogP contribution in [-0.2, 0) is 22.6 Å². The van der Waals surface area contributed by atoms with Gasteiger partial charge in [0.15, 0.2) is 0 Å². The number of benzene rings is 4. The number of fused-ring (bicyclic) bond motifs is 1. The Hall–Kier alpha value is -3.80. The third kappa shape index (κ3) is 8.95. The van der Waals surface area contributed by atoms with Crippen LogP contribution in [-0.4, -0.2) is 35.6 Å². The van der Waals surface area contributed by atoms with Crippen LogP contribution in [0.4, 0.5) is 17.1 Å². The van der Waals surface area contributed by atoms with Crippen LogP contribution in [0.5, 0.6) is 5.75 Å². The number of rotatable bonds is 9. The van der Waals surface area contributed by atoms with Gasteiger partial charge < -0.3 is 9.80 Å². The minimum absolute atomic E-state index is 0. The molecule has 0 radical (unpaired) electrons. The standard InChI is InChI=1S/C27H39N2.C18H15NO3.ClH.Ru/c1-18(2)22-11-9-12-23(19(3)4)26(22)28-15-16-29(17-28)27-24(20(5)6)13-10-14-25(27)21(7)8;1-3-15-18(21)19(17(20)13-9-5-4-6-10-13)14-11-7-8-12(2)16(14)22-15;;/h9-14,17-21H,15-16H2,1-8H3;2,4-11,15H,3H2,1H3;1H;/q-1;;;+1. The summed E-state index contributed by atoms with van der Waals surface area (Å²) in [5, 5.41) is 0. The number of anilines is 3. The summed E-state index contributed by atoms with van der Waals surface area (Å²) in [5.41, 5.74) is 10.5. The number of imide groups is 1. The van der Waals surface area contributed by atoms with Crippen LogP contribution in [0.2, 0.25) is 0 Å². The van der Waals surface area contributed by atoms with E-state index in [-0.39, 0.29) is 24.2 Å². The SMILES string of the molecule is CC(C)c1cccc(C(C)C)c1N1[CH-]N(c2c(C(C)C)cccc2C(C)C)CC1.CCC1Oc2c([CH]=[Ru+])cccc2N(C(=O)c2ccccc2)C1=O.Cl. The molecule has 0 saturated carbocycles. The zero-order valence-corrected chi connectivity index (χ0v) is 35.1. The van der Waals surface area contributed by atoms with Gasteiger partial charge in [0.25, 0.3) is 0 Å². The first-order chi connectivity index (χ1) is 24.9. The molecule has 0 bridgehead atoms. The summed E-state index contributed by atoms with van der Waals surface area (Å²) >= 11 is 2.43. The fourth-order valence-electron chi connectivity index (χ4n) is 7.08. The predicted octanol–water partition coefficient (Wildman–Crippen LogP) is 10.8. The molecular weight excluding hydrogens is 767 g/mol. The van der Waals surface area contributed by atoms with E-state index in [0.29, 0.717) is 47.1 Å². The van der Waals surface area contributed by atoms with Gasteiger partial charge in [-0.1, -0.05) is 91.8 Å². The van der Waals surface area contributed by atoms with Crippen molar-refractivity contribution in [2.75, 3.05) is 27.8 Å². The molecule has 6 rings (SSSR count). The van der Waals surface area contributed by atoms with Gasteiger partial charge >= 0.3 is 144 Å². The summed E-state index contributed by atoms with van der Waals surface area (Å²) in [6.45, 7) is 24.8. The molecule has 53 heavy (non-hydrogen) atoms. The normalized spacial score (nSPS) is 15.3. The summed E-state index contributed by atoms with van der Waals surface area (Å²) in [6.07, 6.45) is -0.147. The van der Waals surface area contributed by atoms with Crippen LogP contribution in [0.3, 0.4) is 0 Å². The van der Waals surface area contributed by atoms with E-state index in [1.54, 1.807) is 30.3 Å². The molecule has 2 heterocycles. The maximum absolute atomic E-state index is 12.9. The smallest absolute Gasteiger partial charge is 0.147 e. The molecule has 283 valence electrons. The molecule has 8 heteroatoms. The van der Waals surface area contributed by atoms with Crippen molar-refractivity contribution >= 4 is 45.9 Å². The van der Waals surface area contributed by atoms with E-state index in [2.05, 4.69) is 126 Å². The largest absolute Gasteiger partial charge is 0.147 e. The van der Waals surface area contributed by atoms with Gasteiger partial charge in [-0.3, -0.25) is 0 Å². The van der Waals surface area contributed by atoms with Gasteiger partial charge in [-0.25, -0.2) is 0 Å². The number of amides is 2. The van der Waals surface area contributed by atoms with Gasteiger partial charge in [0.1, 0.15) is 0 Å². The van der Waals surface area contributed by atoms with Gasteiger partial charge in [-0.15, -0.1) is 12.4 Å². The molecule has 4 aromatic carbocycles. The quantitative estimate of drug-likeness (QED) is 0.0956. The van der Waals surface area contributed by atoms with Gasteiger partial charge in [0.05, 0.1) is 0 Å². The molecule has 1 unspecified atom stereocenters. The third-order valence-electron chi connectivity index (χ3n) is 9.85. The first-order valence-corrected chi connectivity index (χ1v) is 19.7. The monoisotopic (exact) mass is 822 g/mol. The maximum Gasteiger partial charge on any atom is -0.147 e. The van der Waals surface area contributed by atoms with Gasteiger partial charge in [0, 0.05) is 24.5 Å². The first-order valence-electron chi connectivity index (χ1n) is 18.7. The minimum Gasteiger partial charge on any atom is -0.147 e. The van der Waals surface area contributed by atoms with E-state index < -0.39 is 6.10 Å². The number of ether oxygens (including phenoxy) is 1. The van der Waals surface area contributed by atoms with Crippen LogP contribution < -0.4 is 19.4 Å². The molecule has 1 fully saturated rings. The Morgan fingerprint density at radius 3 is 1.60 bits per heavy atom. The van der Waals surface area contributed by atoms with Crippen LogP contribution >= 0.6 is 12.4 Å². The van der Waals surface area contributed by atoms with Crippen molar-refractivity contribution in [3.05, 3.63) is 125 Å². The van der Waals surface area contributed by atoms with Crippen molar-refractivity contribution < 1.29 is 32.2 Å². The maximum atomic E-state index is 12.9. The molecule has 2 aliphatic rings. The van der Waals surface area contributed by atoms with Crippen molar-refractivity contribution in [3.63, 3.8) is 0 Å². The van der Waals surface area contributed by atoms with Crippen molar-refractivity contribution in [1.82, 2.24) is 0 Å². The molecule has 4 aromatic rings. The molecule has 0 N–H and O–H groups in total. The Bertz CT molecular complexity index is 1770. The van der Waals surface area contributed by atoms with Crippen LogP contribution in [0.1, 0.15) is 131 Å². The molecule has 1 atom stereocenters. The van der Waals surface area contributed by atoms with Crippen molar-refractivity contribution in [2.45, 2.75) is 98.5 Å². The summed E-state index contributed by atoms with van der Waals surface area (Å²) in [4.78, 5) is 31.8. The van der Waals surface area contributed by atoms with Gasteiger partial charge in [0.2, 0.25) is 0 Å². The second-order valence-corrected chi connectivity index (χ2v) is 15.4. The molecular formula is C45H55ClN3O3Ru. The van der Waals surface area contributed by atoms with Crippen LogP contribution in [0.15, 0.2) is 84.9 Å². The number of halogens is 1. The average Bonchev–Trinajstić information content (AvgIpc) is 3.63. The van der Waals surface area contributed by atoms with Crippen molar-refractivity contribution in [3.8, 4) is 5.75 Å². The van der Waals surface area contributed by atoms with E-state index >= 15 is 0 Å². The summed E-state index contributed by atoms with van der Waals surface area (Å²) < 4.78 is 7.69. The molecule has 1 saturated heterocycles. The van der Waals surface area contributed by atoms with Gasteiger partial charge in [-0.05, 0) is 45.9 Å². The number of nitrogens with zero attached hydrogens (tertiary/aromatic N) is 3. The van der Waals surface area contributed by atoms with Crippen LogP contribution in [0.25, 0.3) is 0 Å². The van der Waals surface area contributed by atoms with E-state index in [4.69, 9.17) is 4.74 Å². The third-order valence-corrected chi connectivity index (χ3v) is 10.4. The molecule has 0 aromatic heterocycles. The molecule has 6 nitrogen and oxygen atoms in total. The zero-order chi connectivity index (χ0) is 37.7. The Kier molecular flexibility index (Phi) is 14.6. The topological polar surface area (TPSA) is 53.1 Å². The molecule has 0 aliphatic carbocycles. The van der Waals surface area contributed by atoms with Crippen molar-refractivity contribution in [1.29, 1.82) is 0 Å². The van der Waals surface area contributed by atoms with E-state index in [1.165, 1.54) is 38.5 Å². The Labute approximate surface area is 333 Å². The molecule has 2 amide bonds. The van der Waals surface area contributed by atoms with Crippen LogP contribution in [0, 0.1) is 6.67 Å². The number of carbonyl (C=O) groups excluding carboxylic acids is 2. The Balaban J connectivity index is 0.000000238. The second-order valence-electron chi connectivity index (χ2n) is 14.8. The summed E-state index contributed by atoms with van der Waals surface area (Å²) in [7, 11) is 0. The van der Waals surface area contributed by atoms with E-state index in [1.807, 2.05) is 29.7 Å².